The Bertz CT molecular complexity index is 528. The van der Waals surface area contributed by atoms with Crippen molar-refractivity contribution in [2.45, 2.75) is 39.0 Å². The standard InChI is InChI=1S/C21H29N/c1-3-18-15-17(9-8-14-22)12-13-21(18)16-19(4-2)20-10-6-5-7-11-20/h4,6,10-13,15-16,18,21H,2-3,5,7-9,14,22H2,1H3/b19-16+. The van der Waals surface area contributed by atoms with Crippen molar-refractivity contribution in [3.63, 3.8) is 0 Å². The first-order valence-electron chi connectivity index (χ1n) is 8.58. The fourth-order valence-electron chi connectivity index (χ4n) is 3.18. The van der Waals surface area contributed by atoms with E-state index in [-0.39, 0.29) is 0 Å². The van der Waals surface area contributed by atoms with Crippen molar-refractivity contribution >= 4 is 0 Å². The number of hydrogen-bond donors (Lipinski definition) is 1. The summed E-state index contributed by atoms with van der Waals surface area (Å²) in [5.74, 6) is 1.05. The molecule has 22 heavy (non-hydrogen) atoms. The molecular weight excluding hydrogens is 266 g/mol. The summed E-state index contributed by atoms with van der Waals surface area (Å²) in [6.07, 6.45) is 23.9. The topological polar surface area (TPSA) is 26.0 Å². The van der Waals surface area contributed by atoms with Crippen LogP contribution >= 0.6 is 0 Å². The molecule has 1 nitrogen and oxygen atoms in total. The molecule has 0 aromatic rings. The second-order valence-corrected chi connectivity index (χ2v) is 6.11. The first-order chi connectivity index (χ1) is 10.8. The van der Waals surface area contributed by atoms with Crippen LogP contribution in [0.3, 0.4) is 0 Å². The quantitative estimate of drug-likeness (QED) is 0.638. The van der Waals surface area contributed by atoms with E-state index < -0.39 is 0 Å². The summed E-state index contributed by atoms with van der Waals surface area (Å²) < 4.78 is 0. The second kappa shape index (κ2) is 8.75. The summed E-state index contributed by atoms with van der Waals surface area (Å²) >= 11 is 0. The molecule has 0 fully saturated rings. The van der Waals surface area contributed by atoms with Crippen molar-refractivity contribution in [3.05, 3.63) is 71.9 Å². The molecule has 2 atom stereocenters. The van der Waals surface area contributed by atoms with E-state index in [4.69, 9.17) is 5.73 Å². The van der Waals surface area contributed by atoms with Gasteiger partial charge in [-0.3, -0.25) is 0 Å². The maximum absolute atomic E-state index is 5.62. The molecule has 118 valence electrons. The van der Waals surface area contributed by atoms with E-state index in [1.165, 1.54) is 16.7 Å². The molecule has 0 saturated heterocycles. The Kier molecular flexibility index (Phi) is 6.67. The monoisotopic (exact) mass is 295 g/mol. The lowest BCUT2D eigenvalue weighted by molar-refractivity contribution is 0.525. The molecule has 0 aliphatic heterocycles. The molecule has 0 aromatic heterocycles. The van der Waals surface area contributed by atoms with Gasteiger partial charge in [-0.1, -0.05) is 67.7 Å². The molecule has 0 aromatic carbocycles. The minimum absolute atomic E-state index is 0.468. The molecule has 2 aliphatic rings. The van der Waals surface area contributed by atoms with Crippen LogP contribution in [0.4, 0.5) is 0 Å². The molecule has 0 heterocycles. The molecule has 0 radical (unpaired) electrons. The highest BCUT2D eigenvalue weighted by atomic mass is 14.5. The van der Waals surface area contributed by atoms with Gasteiger partial charge in [0, 0.05) is 5.92 Å². The Morgan fingerprint density at radius 2 is 2.23 bits per heavy atom. The third-order valence-electron chi connectivity index (χ3n) is 4.52. The molecule has 0 spiro atoms. The third kappa shape index (κ3) is 4.45. The van der Waals surface area contributed by atoms with Gasteiger partial charge >= 0.3 is 0 Å². The Labute approximate surface area is 135 Å². The van der Waals surface area contributed by atoms with Gasteiger partial charge in [-0.15, -0.1) is 0 Å². The van der Waals surface area contributed by atoms with Crippen LogP contribution in [0.25, 0.3) is 0 Å². The van der Waals surface area contributed by atoms with E-state index in [0.29, 0.717) is 11.8 Å². The van der Waals surface area contributed by atoms with Crippen LogP contribution in [-0.2, 0) is 0 Å². The highest BCUT2D eigenvalue weighted by Gasteiger charge is 2.18. The van der Waals surface area contributed by atoms with Crippen molar-refractivity contribution in [3.8, 4) is 0 Å². The van der Waals surface area contributed by atoms with Crippen LogP contribution in [0, 0.1) is 11.8 Å². The SMILES string of the molecule is C=C/C(=C\C1C=CC(CCCN)=CC1CC)C1=CCCC=C1. The Balaban J connectivity index is 2.14. The van der Waals surface area contributed by atoms with Gasteiger partial charge in [0.2, 0.25) is 0 Å². The van der Waals surface area contributed by atoms with Gasteiger partial charge in [-0.05, 0) is 55.7 Å². The van der Waals surface area contributed by atoms with Crippen LogP contribution in [0.5, 0.6) is 0 Å². The fraction of sp³-hybridized carbons (Fsp3) is 0.429. The van der Waals surface area contributed by atoms with Gasteiger partial charge in [0.25, 0.3) is 0 Å². The molecule has 2 unspecified atom stereocenters. The molecule has 2 rings (SSSR count). The Morgan fingerprint density at radius 1 is 1.36 bits per heavy atom. The predicted molar refractivity (Wildman–Crippen MR) is 97.5 cm³/mol. The van der Waals surface area contributed by atoms with Crippen LogP contribution in [0.2, 0.25) is 0 Å². The lowest BCUT2D eigenvalue weighted by Gasteiger charge is -2.24. The van der Waals surface area contributed by atoms with E-state index >= 15 is 0 Å². The summed E-state index contributed by atoms with van der Waals surface area (Å²) in [5.41, 5.74) is 9.65. The zero-order valence-corrected chi connectivity index (χ0v) is 13.8. The minimum atomic E-state index is 0.468. The molecule has 0 bridgehead atoms. The van der Waals surface area contributed by atoms with Crippen molar-refractivity contribution in [2.75, 3.05) is 6.54 Å². The van der Waals surface area contributed by atoms with Crippen molar-refractivity contribution in [2.24, 2.45) is 17.6 Å². The summed E-state index contributed by atoms with van der Waals surface area (Å²) in [7, 11) is 0. The van der Waals surface area contributed by atoms with Gasteiger partial charge in [-0.2, -0.15) is 0 Å². The molecular formula is C21H29N. The smallest absolute Gasteiger partial charge is 0.00219 e. The van der Waals surface area contributed by atoms with Gasteiger partial charge in [0.05, 0.1) is 0 Å². The largest absolute Gasteiger partial charge is 0.330 e. The van der Waals surface area contributed by atoms with E-state index in [1.807, 2.05) is 6.08 Å². The second-order valence-electron chi connectivity index (χ2n) is 6.11. The van der Waals surface area contributed by atoms with Gasteiger partial charge < -0.3 is 5.73 Å². The van der Waals surface area contributed by atoms with E-state index in [2.05, 4.69) is 56.0 Å². The highest BCUT2D eigenvalue weighted by molar-refractivity contribution is 5.48. The van der Waals surface area contributed by atoms with Crippen LogP contribution < -0.4 is 5.73 Å². The number of allylic oxidation sites excluding steroid dienone is 11. The average molecular weight is 295 g/mol. The molecule has 0 saturated carbocycles. The molecule has 0 amide bonds. The Hall–Kier alpha value is -1.60. The van der Waals surface area contributed by atoms with E-state index in [0.717, 1.165) is 38.6 Å². The number of nitrogens with two attached hydrogens (primary N) is 1. The van der Waals surface area contributed by atoms with Crippen molar-refractivity contribution in [1.82, 2.24) is 0 Å². The summed E-state index contributed by atoms with van der Waals surface area (Å²) in [4.78, 5) is 0. The van der Waals surface area contributed by atoms with Gasteiger partial charge in [0.15, 0.2) is 0 Å². The van der Waals surface area contributed by atoms with Crippen molar-refractivity contribution < 1.29 is 0 Å². The normalized spacial score (nSPS) is 24.9. The maximum Gasteiger partial charge on any atom is 0.00219 e. The highest BCUT2D eigenvalue weighted by Crippen LogP contribution is 2.31. The van der Waals surface area contributed by atoms with E-state index in [9.17, 15) is 0 Å². The van der Waals surface area contributed by atoms with Crippen LogP contribution in [0.15, 0.2) is 71.9 Å². The van der Waals surface area contributed by atoms with Gasteiger partial charge in [-0.25, -0.2) is 0 Å². The molecule has 2 aliphatic carbocycles. The number of rotatable bonds is 7. The zero-order chi connectivity index (χ0) is 15.8. The Morgan fingerprint density at radius 3 is 2.86 bits per heavy atom. The number of hydrogen-bond acceptors (Lipinski definition) is 1. The first-order valence-corrected chi connectivity index (χ1v) is 8.58. The third-order valence-corrected chi connectivity index (χ3v) is 4.52. The minimum Gasteiger partial charge on any atom is -0.330 e. The molecule has 1 heteroatoms. The predicted octanol–water partition coefficient (Wildman–Crippen LogP) is 5.25. The lowest BCUT2D eigenvalue weighted by Crippen LogP contribution is -2.12. The molecule has 2 N–H and O–H groups in total. The zero-order valence-electron chi connectivity index (χ0n) is 13.8. The van der Waals surface area contributed by atoms with E-state index in [1.54, 1.807) is 0 Å². The summed E-state index contributed by atoms with van der Waals surface area (Å²) in [6.45, 7) is 7.05. The first kappa shape index (κ1) is 16.8. The van der Waals surface area contributed by atoms with Gasteiger partial charge in [0.1, 0.15) is 0 Å². The van der Waals surface area contributed by atoms with Crippen LogP contribution in [-0.4, -0.2) is 6.54 Å². The van der Waals surface area contributed by atoms with Crippen LogP contribution in [0.1, 0.15) is 39.0 Å². The maximum atomic E-state index is 5.62. The summed E-state index contributed by atoms with van der Waals surface area (Å²) in [5, 5.41) is 0. The lowest BCUT2D eigenvalue weighted by atomic mass is 9.81. The fourth-order valence-corrected chi connectivity index (χ4v) is 3.18. The van der Waals surface area contributed by atoms with Crippen molar-refractivity contribution in [1.29, 1.82) is 0 Å². The summed E-state index contributed by atoms with van der Waals surface area (Å²) in [6, 6.07) is 0. The average Bonchev–Trinajstić information content (AvgIpc) is 2.59.